The molecular formula is C30H39N7O4. The first-order valence-electron chi connectivity index (χ1n) is 15.5. The topological polar surface area (TPSA) is 131 Å². The Morgan fingerprint density at radius 2 is 1.98 bits per heavy atom. The van der Waals surface area contributed by atoms with Gasteiger partial charge in [-0.05, 0) is 78.2 Å². The third-order valence-electron chi connectivity index (χ3n) is 10.5. The van der Waals surface area contributed by atoms with Gasteiger partial charge >= 0.3 is 0 Å². The van der Waals surface area contributed by atoms with Gasteiger partial charge in [0, 0.05) is 24.6 Å². The minimum atomic E-state index is -0.837. The van der Waals surface area contributed by atoms with Crippen molar-refractivity contribution in [3.63, 3.8) is 0 Å². The Hall–Kier alpha value is -3.05. The lowest BCUT2D eigenvalue weighted by atomic mass is 9.64. The van der Waals surface area contributed by atoms with Gasteiger partial charge in [0.15, 0.2) is 22.9 Å². The molecule has 1 saturated carbocycles. The average Bonchev–Trinajstić information content (AvgIpc) is 3.71. The van der Waals surface area contributed by atoms with Crippen LogP contribution in [0, 0.1) is 0 Å². The summed E-state index contributed by atoms with van der Waals surface area (Å²) in [5, 5.41) is 25.1. The van der Waals surface area contributed by atoms with Gasteiger partial charge in [-0.15, -0.1) is 5.10 Å². The molecule has 1 spiro atoms. The first-order valence-corrected chi connectivity index (χ1v) is 15.5. The number of piperidine rings is 1. The van der Waals surface area contributed by atoms with Crippen molar-refractivity contribution >= 4 is 22.6 Å². The summed E-state index contributed by atoms with van der Waals surface area (Å²) < 4.78 is 14.4. The van der Waals surface area contributed by atoms with Crippen molar-refractivity contribution in [2.45, 2.75) is 114 Å². The van der Waals surface area contributed by atoms with Crippen LogP contribution in [0.4, 0.5) is 5.82 Å². The van der Waals surface area contributed by atoms with Crippen LogP contribution in [0.1, 0.15) is 95.4 Å². The van der Waals surface area contributed by atoms with E-state index in [9.17, 15) is 9.90 Å². The fraction of sp³-hybridized carbons (Fsp3) is 0.700. The summed E-state index contributed by atoms with van der Waals surface area (Å²) in [6.45, 7) is 6.00. The third-order valence-corrected chi connectivity index (χ3v) is 10.5. The molecule has 0 radical (unpaired) electrons. The minimum absolute atomic E-state index is 0.0574. The van der Waals surface area contributed by atoms with E-state index in [0.29, 0.717) is 49.0 Å². The number of hydrogen-bond acceptors (Lipinski definition) is 10. The molecule has 0 amide bonds. The minimum Gasteiger partial charge on any atom is -0.474 e. The van der Waals surface area contributed by atoms with Crippen molar-refractivity contribution < 1.29 is 19.2 Å². The standard InChI is InChI=1S/C30H39N7O4/c1-17(20-8-6-14-31-20)37-27-22-26(36-16-29(2,39)13-10-18(36)15-40-28(22)34-37)32-25(33-27)23-19-7-5-12-30(24(19)41-35-23)11-4-3-9-21(30)38/h17-18,20,31,39H,3-16H2,1-2H3/t17-,18+,20-,29?,30+/m0/s1. The monoisotopic (exact) mass is 561 g/mol. The molecule has 3 aromatic heterocycles. The number of aromatic nitrogens is 5. The van der Waals surface area contributed by atoms with Crippen molar-refractivity contribution in [1.82, 2.24) is 30.2 Å². The SMILES string of the molecule is C[C@@H]([C@@H]1CCCN1)n1nc2c3c(nc(-c4noc5c4CCC[C@@]54CCCCC4=O)nc31)N1CC(C)(O)CC[C@@H]1CO2. The smallest absolute Gasteiger partial charge is 0.246 e. The highest BCUT2D eigenvalue weighted by molar-refractivity contribution is 5.95. The number of hydrogen-bond donors (Lipinski definition) is 2. The largest absolute Gasteiger partial charge is 0.474 e. The van der Waals surface area contributed by atoms with Gasteiger partial charge in [-0.25, -0.2) is 14.6 Å². The highest BCUT2D eigenvalue weighted by Gasteiger charge is 2.49. The summed E-state index contributed by atoms with van der Waals surface area (Å²) in [6, 6.07) is 0.422. The van der Waals surface area contributed by atoms with E-state index in [1.54, 1.807) is 0 Å². The molecule has 41 heavy (non-hydrogen) atoms. The molecular weight excluding hydrogens is 522 g/mol. The summed E-state index contributed by atoms with van der Waals surface area (Å²) >= 11 is 0. The Bertz CT molecular complexity index is 1520. The van der Waals surface area contributed by atoms with Crippen LogP contribution in [0.3, 0.4) is 0 Å². The van der Waals surface area contributed by atoms with E-state index >= 15 is 0 Å². The highest BCUT2D eigenvalue weighted by Crippen LogP contribution is 2.48. The van der Waals surface area contributed by atoms with Crippen LogP contribution in [-0.4, -0.2) is 73.2 Å². The molecule has 5 aliphatic rings. The summed E-state index contributed by atoms with van der Waals surface area (Å²) in [5.74, 6) is 2.79. The van der Waals surface area contributed by atoms with Crippen molar-refractivity contribution in [3.05, 3.63) is 11.3 Å². The lowest BCUT2D eigenvalue weighted by molar-refractivity contribution is -0.128. The maximum absolute atomic E-state index is 13.3. The maximum Gasteiger partial charge on any atom is 0.246 e. The molecule has 2 aliphatic carbocycles. The molecule has 0 aromatic carbocycles. The predicted molar refractivity (Wildman–Crippen MR) is 151 cm³/mol. The fourth-order valence-corrected chi connectivity index (χ4v) is 8.16. The Labute approximate surface area is 239 Å². The lowest BCUT2D eigenvalue weighted by Gasteiger charge is -2.42. The molecule has 3 aromatic rings. The number of rotatable bonds is 3. The number of anilines is 1. The Morgan fingerprint density at radius 1 is 1.10 bits per heavy atom. The molecule has 3 fully saturated rings. The summed E-state index contributed by atoms with van der Waals surface area (Å²) in [6.07, 6.45) is 9.64. The lowest BCUT2D eigenvalue weighted by Crippen LogP contribution is -2.53. The molecule has 0 bridgehead atoms. The zero-order valence-corrected chi connectivity index (χ0v) is 24.0. The third kappa shape index (κ3) is 3.87. The zero-order chi connectivity index (χ0) is 27.9. The van der Waals surface area contributed by atoms with E-state index in [2.05, 4.69) is 22.3 Å². The van der Waals surface area contributed by atoms with Crippen LogP contribution in [0.5, 0.6) is 5.88 Å². The van der Waals surface area contributed by atoms with Crippen LogP contribution >= 0.6 is 0 Å². The van der Waals surface area contributed by atoms with Crippen LogP contribution < -0.4 is 15.0 Å². The molecule has 2 saturated heterocycles. The summed E-state index contributed by atoms with van der Waals surface area (Å²) in [7, 11) is 0. The summed E-state index contributed by atoms with van der Waals surface area (Å²) in [5.41, 5.74) is 0.915. The van der Waals surface area contributed by atoms with E-state index in [4.69, 9.17) is 24.3 Å². The quantitative estimate of drug-likeness (QED) is 0.489. The van der Waals surface area contributed by atoms with Gasteiger partial charge in [-0.1, -0.05) is 11.6 Å². The number of carbonyl (C=O) groups is 1. The fourth-order valence-electron chi connectivity index (χ4n) is 8.16. The van der Waals surface area contributed by atoms with Gasteiger partial charge in [0.25, 0.3) is 0 Å². The average molecular weight is 562 g/mol. The van der Waals surface area contributed by atoms with Gasteiger partial charge in [0.05, 0.1) is 23.1 Å². The Morgan fingerprint density at radius 3 is 2.80 bits per heavy atom. The second-order valence-electron chi connectivity index (χ2n) is 13.3. The van der Waals surface area contributed by atoms with E-state index < -0.39 is 11.0 Å². The van der Waals surface area contributed by atoms with Gasteiger partial charge < -0.3 is 24.6 Å². The molecule has 11 heteroatoms. The van der Waals surface area contributed by atoms with Crippen LogP contribution in [0.2, 0.25) is 0 Å². The number of Topliss-reactive ketones (excluding diaryl/α,β-unsaturated/α-hetero) is 1. The molecule has 2 N–H and O–H groups in total. The van der Waals surface area contributed by atoms with Crippen molar-refractivity contribution in [2.24, 2.45) is 0 Å². The summed E-state index contributed by atoms with van der Waals surface area (Å²) in [4.78, 5) is 25.8. The number of nitrogens with zero attached hydrogens (tertiary/aromatic N) is 6. The van der Waals surface area contributed by atoms with Gasteiger partial charge in [-0.3, -0.25) is 4.79 Å². The number of fused-ring (bicyclic) bond motifs is 4. The van der Waals surface area contributed by atoms with Crippen LogP contribution in [0.25, 0.3) is 22.6 Å². The molecule has 5 atom stereocenters. The second-order valence-corrected chi connectivity index (χ2v) is 13.3. The normalized spacial score (nSPS) is 32.1. The molecule has 1 unspecified atom stereocenters. The number of aliphatic hydroxyl groups is 1. The van der Waals surface area contributed by atoms with Gasteiger partial charge in [0.2, 0.25) is 5.88 Å². The van der Waals surface area contributed by atoms with E-state index in [1.165, 1.54) is 0 Å². The van der Waals surface area contributed by atoms with Crippen LogP contribution in [-0.2, 0) is 16.6 Å². The number of ether oxygens (including phenoxy) is 1. The molecule has 3 aliphatic heterocycles. The second kappa shape index (κ2) is 9.22. The predicted octanol–water partition coefficient (Wildman–Crippen LogP) is 3.62. The van der Waals surface area contributed by atoms with Crippen molar-refractivity contribution in [2.75, 3.05) is 24.6 Å². The van der Waals surface area contributed by atoms with E-state index in [-0.39, 0.29) is 23.9 Å². The molecule has 6 heterocycles. The zero-order valence-electron chi connectivity index (χ0n) is 24.0. The number of ketones is 1. The van der Waals surface area contributed by atoms with E-state index in [1.807, 2.05) is 11.6 Å². The maximum atomic E-state index is 13.3. The van der Waals surface area contributed by atoms with Crippen molar-refractivity contribution in [3.8, 4) is 17.4 Å². The van der Waals surface area contributed by atoms with Gasteiger partial charge in [0.1, 0.15) is 23.6 Å². The molecule has 218 valence electrons. The number of carbonyl (C=O) groups excluding carboxylic acids is 1. The Balaban J connectivity index is 1.32. The molecule has 11 nitrogen and oxygen atoms in total. The highest BCUT2D eigenvalue weighted by atomic mass is 16.5. The number of nitrogens with one attached hydrogen (secondary N) is 1. The molecule has 8 rings (SSSR count). The first kappa shape index (κ1) is 25.6. The first-order chi connectivity index (χ1) is 19.8. The van der Waals surface area contributed by atoms with Crippen molar-refractivity contribution in [1.29, 1.82) is 0 Å². The van der Waals surface area contributed by atoms with Crippen LogP contribution in [0.15, 0.2) is 4.52 Å². The van der Waals surface area contributed by atoms with E-state index in [0.717, 1.165) is 86.9 Å². The Kier molecular flexibility index (Phi) is 5.77. The van der Waals surface area contributed by atoms with Gasteiger partial charge in [-0.2, -0.15) is 0 Å².